The lowest BCUT2D eigenvalue weighted by atomic mass is 9.97. The van der Waals surface area contributed by atoms with E-state index in [1.54, 1.807) is 36.1 Å². The van der Waals surface area contributed by atoms with Crippen LogP contribution in [-0.4, -0.2) is 38.3 Å². The number of benzene rings is 1. The Morgan fingerprint density at radius 3 is 2.70 bits per heavy atom. The summed E-state index contributed by atoms with van der Waals surface area (Å²) >= 11 is 0. The van der Waals surface area contributed by atoms with Gasteiger partial charge in [0, 0.05) is 56.6 Å². The molecule has 0 amide bonds. The standard InChI is InChI=1S/C22H21N5O3/c1-15-5-8-23-14-18(15)16-6-10-26(11-7-16)19-4-3-17(13-20(19)27(29)30)21(28)22-24-9-12-25(22)2/h3-6,8-9,12-14H,7,10-11H2,1-2H3. The lowest BCUT2D eigenvalue weighted by Gasteiger charge is -2.28. The first kappa shape index (κ1) is 19.5. The molecular formula is C22H21N5O3. The summed E-state index contributed by atoms with van der Waals surface area (Å²) in [7, 11) is 1.71. The molecule has 1 aliphatic heterocycles. The van der Waals surface area contributed by atoms with Crippen LogP contribution in [0.2, 0.25) is 0 Å². The number of hydrogen-bond acceptors (Lipinski definition) is 6. The predicted octanol–water partition coefficient (Wildman–Crippen LogP) is 3.56. The van der Waals surface area contributed by atoms with Crippen LogP contribution in [0.15, 0.2) is 55.1 Å². The molecule has 0 saturated heterocycles. The van der Waals surface area contributed by atoms with Crippen molar-refractivity contribution in [1.29, 1.82) is 0 Å². The van der Waals surface area contributed by atoms with E-state index in [1.165, 1.54) is 17.8 Å². The molecule has 8 nitrogen and oxygen atoms in total. The Labute approximate surface area is 173 Å². The number of aromatic nitrogens is 3. The smallest absolute Gasteiger partial charge is 0.293 e. The zero-order valence-corrected chi connectivity index (χ0v) is 16.8. The monoisotopic (exact) mass is 403 g/mol. The Bertz CT molecular complexity index is 1170. The highest BCUT2D eigenvalue weighted by molar-refractivity contribution is 6.07. The molecule has 3 aromatic rings. The molecule has 1 aliphatic rings. The van der Waals surface area contributed by atoms with E-state index in [9.17, 15) is 14.9 Å². The van der Waals surface area contributed by atoms with E-state index < -0.39 is 4.92 Å². The third-order valence-electron chi connectivity index (χ3n) is 5.39. The van der Waals surface area contributed by atoms with Crippen molar-refractivity contribution in [3.05, 3.63) is 87.8 Å². The fourth-order valence-electron chi connectivity index (χ4n) is 3.72. The van der Waals surface area contributed by atoms with Crippen LogP contribution in [0.4, 0.5) is 11.4 Å². The van der Waals surface area contributed by atoms with Crippen LogP contribution in [-0.2, 0) is 7.05 Å². The number of pyridine rings is 1. The van der Waals surface area contributed by atoms with Crippen LogP contribution in [0.5, 0.6) is 0 Å². The average Bonchev–Trinajstić information content (AvgIpc) is 3.19. The van der Waals surface area contributed by atoms with Gasteiger partial charge in [-0.15, -0.1) is 0 Å². The highest BCUT2D eigenvalue weighted by atomic mass is 16.6. The summed E-state index contributed by atoms with van der Waals surface area (Å²) in [6, 6.07) is 6.61. The first-order valence-corrected chi connectivity index (χ1v) is 9.61. The largest absolute Gasteiger partial charge is 0.362 e. The van der Waals surface area contributed by atoms with Crippen LogP contribution in [0.25, 0.3) is 5.57 Å². The van der Waals surface area contributed by atoms with Crippen molar-refractivity contribution in [2.45, 2.75) is 13.3 Å². The fraction of sp³-hybridized carbons (Fsp3) is 0.227. The number of hydrogen-bond donors (Lipinski definition) is 0. The van der Waals surface area contributed by atoms with Crippen molar-refractivity contribution in [3.8, 4) is 0 Å². The SMILES string of the molecule is Cc1ccncc1C1=CCN(c2ccc(C(=O)c3nccn3C)cc2[N+](=O)[O-])CC1. The summed E-state index contributed by atoms with van der Waals surface area (Å²) in [6.07, 6.45) is 9.67. The molecule has 0 spiro atoms. The van der Waals surface area contributed by atoms with Gasteiger partial charge in [-0.2, -0.15) is 0 Å². The molecule has 30 heavy (non-hydrogen) atoms. The van der Waals surface area contributed by atoms with Gasteiger partial charge in [0.25, 0.3) is 5.69 Å². The maximum atomic E-state index is 12.7. The molecule has 4 rings (SSSR count). The summed E-state index contributed by atoms with van der Waals surface area (Å²) in [4.78, 5) is 34.2. The van der Waals surface area contributed by atoms with Gasteiger partial charge >= 0.3 is 0 Å². The van der Waals surface area contributed by atoms with Gasteiger partial charge in [-0.25, -0.2) is 4.98 Å². The summed E-state index contributed by atoms with van der Waals surface area (Å²) in [5, 5.41) is 11.7. The Morgan fingerprint density at radius 1 is 1.23 bits per heavy atom. The number of rotatable bonds is 5. The van der Waals surface area contributed by atoms with Crippen LogP contribution >= 0.6 is 0 Å². The topological polar surface area (TPSA) is 94.2 Å². The molecule has 0 radical (unpaired) electrons. The lowest BCUT2D eigenvalue weighted by molar-refractivity contribution is -0.384. The molecule has 0 saturated carbocycles. The highest BCUT2D eigenvalue weighted by Gasteiger charge is 2.25. The zero-order valence-electron chi connectivity index (χ0n) is 16.8. The van der Waals surface area contributed by atoms with Gasteiger partial charge in [0.1, 0.15) is 5.69 Å². The van der Waals surface area contributed by atoms with Gasteiger partial charge in [0.05, 0.1) is 4.92 Å². The summed E-state index contributed by atoms with van der Waals surface area (Å²) in [5.41, 5.74) is 4.15. The zero-order chi connectivity index (χ0) is 21.3. The number of nitro benzene ring substituents is 1. The van der Waals surface area contributed by atoms with Gasteiger partial charge in [-0.1, -0.05) is 6.08 Å². The molecule has 0 fully saturated rings. The van der Waals surface area contributed by atoms with Gasteiger partial charge in [-0.3, -0.25) is 19.9 Å². The number of carbonyl (C=O) groups excluding carboxylic acids is 1. The fourth-order valence-corrected chi connectivity index (χ4v) is 3.72. The van der Waals surface area contributed by atoms with E-state index in [4.69, 9.17) is 0 Å². The molecular weight excluding hydrogens is 382 g/mol. The third-order valence-corrected chi connectivity index (χ3v) is 5.39. The molecule has 2 aromatic heterocycles. The van der Waals surface area contributed by atoms with Crippen LogP contribution in [0.1, 0.15) is 33.7 Å². The van der Waals surface area contributed by atoms with E-state index in [2.05, 4.69) is 16.0 Å². The second kappa shape index (κ2) is 7.90. The second-order valence-corrected chi connectivity index (χ2v) is 7.27. The van der Waals surface area contributed by atoms with Gasteiger partial charge in [0.2, 0.25) is 5.78 Å². The molecule has 0 bridgehead atoms. The van der Waals surface area contributed by atoms with Crippen molar-refractivity contribution in [2.24, 2.45) is 7.05 Å². The summed E-state index contributed by atoms with van der Waals surface area (Å²) in [5.74, 6) is -0.0977. The Balaban J connectivity index is 1.62. The maximum absolute atomic E-state index is 12.7. The number of nitro groups is 1. The van der Waals surface area contributed by atoms with Crippen molar-refractivity contribution in [1.82, 2.24) is 14.5 Å². The number of ketones is 1. The predicted molar refractivity (Wildman–Crippen MR) is 114 cm³/mol. The van der Waals surface area contributed by atoms with E-state index in [0.29, 0.717) is 18.8 Å². The number of imidazole rings is 1. The highest BCUT2D eigenvalue weighted by Crippen LogP contribution is 2.33. The van der Waals surface area contributed by atoms with Crippen LogP contribution < -0.4 is 4.90 Å². The number of anilines is 1. The lowest BCUT2D eigenvalue weighted by Crippen LogP contribution is -2.29. The molecule has 1 aromatic carbocycles. The number of carbonyl (C=O) groups is 1. The Kier molecular flexibility index (Phi) is 5.14. The first-order chi connectivity index (χ1) is 14.5. The van der Waals surface area contributed by atoms with Crippen molar-refractivity contribution < 1.29 is 9.72 Å². The molecule has 3 heterocycles. The molecule has 152 valence electrons. The van der Waals surface area contributed by atoms with Crippen LogP contribution in [0, 0.1) is 17.0 Å². The normalized spacial score (nSPS) is 13.8. The van der Waals surface area contributed by atoms with Crippen molar-refractivity contribution in [3.63, 3.8) is 0 Å². The van der Waals surface area contributed by atoms with E-state index in [1.807, 2.05) is 24.1 Å². The number of aryl methyl sites for hydroxylation is 2. The molecule has 0 N–H and O–H groups in total. The minimum atomic E-state index is -0.435. The molecule has 0 aliphatic carbocycles. The van der Waals surface area contributed by atoms with E-state index in [-0.39, 0.29) is 22.9 Å². The quantitative estimate of drug-likeness (QED) is 0.367. The van der Waals surface area contributed by atoms with E-state index in [0.717, 1.165) is 17.5 Å². The minimum absolute atomic E-state index is 0.0792. The average molecular weight is 403 g/mol. The summed E-state index contributed by atoms with van der Waals surface area (Å²) < 4.78 is 1.60. The summed E-state index contributed by atoms with van der Waals surface area (Å²) in [6.45, 7) is 3.25. The van der Waals surface area contributed by atoms with Gasteiger partial charge < -0.3 is 9.47 Å². The van der Waals surface area contributed by atoms with Crippen LogP contribution in [0.3, 0.4) is 0 Å². The molecule has 8 heteroatoms. The van der Waals surface area contributed by atoms with Gasteiger partial charge in [-0.05, 0) is 48.2 Å². The first-order valence-electron chi connectivity index (χ1n) is 9.61. The Morgan fingerprint density at radius 2 is 2.07 bits per heavy atom. The van der Waals surface area contributed by atoms with Gasteiger partial charge in [0.15, 0.2) is 5.82 Å². The van der Waals surface area contributed by atoms with E-state index >= 15 is 0 Å². The van der Waals surface area contributed by atoms with Crippen molar-refractivity contribution >= 4 is 22.7 Å². The molecule has 0 atom stereocenters. The maximum Gasteiger partial charge on any atom is 0.293 e. The molecule has 0 unspecified atom stereocenters. The Hall–Kier alpha value is -3.81. The van der Waals surface area contributed by atoms with Crippen molar-refractivity contribution in [2.75, 3.05) is 18.0 Å². The minimum Gasteiger partial charge on any atom is -0.362 e. The second-order valence-electron chi connectivity index (χ2n) is 7.27. The number of nitrogens with zero attached hydrogens (tertiary/aromatic N) is 5. The third kappa shape index (κ3) is 3.59.